The van der Waals surface area contributed by atoms with Gasteiger partial charge in [-0.25, -0.2) is 0 Å². The SMILES string of the molecule is COc1cc(CCC2CCCCN2)cc2c1OCO2. The van der Waals surface area contributed by atoms with Crippen LogP contribution in [0.1, 0.15) is 31.2 Å². The van der Waals surface area contributed by atoms with Gasteiger partial charge in [0.05, 0.1) is 7.11 Å². The van der Waals surface area contributed by atoms with Gasteiger partial charge >= 0.3 is 0 Å². The second-order valence-electron chi connectivity index (χ2n) is 5.22. The molecule has 1 fully saturated rings. The molecule has 2 aliphatic rings. The summed E-state index contributed by atoms with van der Waals surface area (Å²) in [5, 5.41) is 3.58. The van der Waals surface area contributed by atoms with Crippen LogP contribution >= 0.6 is 0 Å². The van der Waals surface area contributed by atoms with Crippen molar-refractivity contribution in [1.82, 2.24) is 5.32 Å². The summed E-state index contributed by atoms with van der Waals surface area (Å²) in [6.07, 6.45) is 6.17. The first-order valence-electron chi connectivity index (χ1n) is 7.06. The van der Waals surface area contributed by atoms with Gasteiger partial charge in [0.1, 0.15) is 0 Å². The first-order valence-corrected chi connectivity index (χ1v) is 7.06. The highest BCUT2D eigenvalue weighted by Gasteiger charge is 2.20. The largest absolute Gasteiger partial charge is 0.493 e. The van der Waals surface area contributed by atoms with E-state index in [-0.39, 0.29) is 0 Å². The molecule has 0 radical (unpaired) electrons. The van der Waals surface area contributed by atoms with Gasteiger partial charge in [0.2, 0.25) is 12.5 Å². The van der Waals surface area contributed by atoms with Crippen molar-refractivity contribution in [2.24, 2.45) is 0 Å². The van der Waals surface area contributed by atoms with Gasteiger partial charge in [-0.2, -0.15) is 0 Å². The number of hydrogen-bond donors (Lipinski definition) is 1. The van der Waals surface area contributed by atoms with E-state index in [0.717, 1.165) is 30.2 Å². The number of benzene rings is 1. The number of rotatable bonds is 4. The predicted octanol–water partition coefficient (Wildman–Crippen LogP) is 2.50. The zero-order chi connectivity index (χ0) is 13.1. The van der Waals surface area contributed by atoms with E-state index in [9.17, 15) is 0 Å². The lowest BCUT2D eigenvalue weighted by Crippen LogP contribution is -2.34. The number of hydrogen-bond acceptors (Lipinski definition) is 4. The van der Waals surface area contributed by atoms with Gasteiger partial charge in [0.15, 0.2) is 11.5 Å². The molecule has 2 heterocycles. The van der Waals surface area contributed by atoms with E-state index < -0.39 is 0 Å². The maximum Gasteiger partial charge on any atom is 0.231 e. The van der Waals surface area contributed by atoms with Crippen LogP contribution in [-0.4, -0.2) is 26.5 Å². The molecule has 1 atom stereocenters. The summed E-state index contributed by atoms with van der Waals surface area (Å²) in [5.74, 6) is 2.33. The third kappa shape index (κ3) is 2.78. The smallest absolute Gasteiger partial charge is 0.231 e. The molecule has 0 aromatic heterocycles. The van der Waals surface area contributed by atoms with Gasteiger partial charge < -0.3 is 19.5 Å². The fourth-order valence-corrected chi connectivity index (χ4v) is 2.84. The number of fused-ring (bicyclic) bond motifs is 1. The summed E-state index contributed by atoms with van der Waals surface area (Å²) >= 11 is 0. The Morgan fingerprint density at radius 3 is 3.05 bits per heavy atom. The first kappa shape index (κ1) is 12.6. The van der Waals surface area contributed by atoms with Crippen LogP contribution in [0.2, 0.25) is 0 Å². The highest BCUT2D eigenvalue weighted by molar-refractivity contribution is 5.55. The lowest BCUT2D eigenvalue weighted by atomic mass is 9.97. The summed E-state index contributed by atoms with van der Waals surface area (Å²) in [5.41, 5.74) is 1.26. The Labute approximate surface area is 114 Å². The molecule has 0 amide bonds. The van der Waals surface area contributed by atoms with Crippen LogP contribution in [0.25, 0.3) is 0 Å². The second kappa shape index (κ2) is 5.70. The van der Waals surface area contributed by atoms with Crippen LogP contribution in [0.4, 0.5) is 0 Å². The summed E-state index contributed by atoms with van der Waals surface area (Å²) in [7, 11) is 1.67. The topological polar surface area (TPSA) is 39.7 Å². The van der Waals surface area contributed by atoms with E-state index >= 15 is 0 Å². The molecule has 4 nitrogen and oxygen atoms in total. The van der Waals surface area contributed by atoms with E-state index in [1.165, 1.54) is 31.2 Å². The van der Waals surface area contributed by atoms with Crippen molar-refractivity contribution < 1.29 is 14.2 Å². The molecule has 3 rings (SSSR count). The van der Waals surface area contributed by atoms with E-state index in [4.69, 9.17) is 14.2 Å². The summed E-state index contributed by atoms with van der Waals surface area (Å²) in [6.45, 7) is 1.45. The molecular formula is C15H21NO3. The van der Waals surface area contributed by atoms with Gasteiger partial charge in [0, 0.05) is 6.04 Å². The summed E-state index contributed by atoms with van der Waals surface area (Å²) in [6, 6.07) is 4.80. The minimum Gasteiger partial charge on any atom is -0.493 e. The van der Waals surface area contributed by atoms with Gasteiger partial charge in [-0.1, -0.05) is 6.42 Å². The van der Waals surface area contributed by atoms with E-state index in [1.807, 2.05) is 0 Å². The van der Waals surface area contributed by atoms with Gasteiger partial charge in [0.25, 0.3) is 0 Å². The zero-order valence-corrected chi connectivity index (χ0v) is 11.4. The zero-order valence-electron chi connectivity index (χ0n) is 11.4. The quantitative estimate of drug-likeness (QED) is 0.906. The fraction of sp³-hybridized carbons (Fsp3) is 0.600. The summed E-state index contributed by atoms with van der Waals surface area (Å²) < 4.78 is 16.2. The van der Waals surface area contributed by atoms with Crippen molar-refractivity contribution in [2.75, 3.05) is 20.4 Å². The van der Waals surface area contributed by atoms with Crippen LogP contribution in [0.15, 0.2) is 12.1 Å². The van der Waals surface area contributed by atoms with Crippen molar-refractivity contribution in [1.29, 1.82) is 0 Å². The Balaban J connectivity index is 1.67. The molecule has 1 saturated heterocycles. The molecule has 0 bridgehead atoms. The number of piperidine rings is 1. The molecular weight excluding hydrogens is 242 g/mol. The highest BCUT2D eigenvalue weighted by atomic mass is 16.7. The lowest BCUT2D eigenvalue weighted by molar-refractivity contribution is 0.171. The lowest BCUT2D eigenvalue weighted by Gasteiger charge is -2.23. The van der Waals surface area contributed by atoms with Crippen LogP contribution in [0, 0.1) is 0 Å². The normalized spacial score (nSPS) is 21.4. The molecule has 104 valence electrons. The average molecular weight is 263 g/mol. The Morgan fingerprint density at radius 1 is 1.32 bits per heavy atom. The third-order valence-corrected chi connectivity index (χ3v) is 3.91. The highest BCUT2D eigenvalue weighted by Crippen LogP contribution is 2.42. The van der Waals surface area contributed by atoms with E-state index in [1.54, 1.807) is 7.11 Å². The average Bonchev–Trinajstić information content (AvgIpc) is 2.93. The van der Waals surface area contributed by atoms with Gasteiger partial charge in [-0.3, -0.25) is 0 Å². The molecule has 1 unspecified atom stereocenters. The monoisotopic (exact) mass is 263 g/mol. The molecule has 1 N–H and O–H groups in total. The number of ether oxygens (including phenoxy) is 3. The van der Waals surface area contributed by atoms with Crippen LogP contribution in [-0.2, 0) is 6.42 Å². The molecule has 19 heavy (non-hydrogen) atoms. The minimum absolute atomic E-state index is 0.291. The standard InChI is InChI=1S/C15H21NO3/c1-17-13-8-11(9-14-15(13)19-10-18-14)5-6-12-4-2-3-7-16-12/h8-9,12,16H,2-7,10H2,1H3. The van der Waals surface area contributed by atoms with Gasteiger partial charge in [-0.05, 0) is 49.9 Å². The van der Waals surface area contributed by atoms with Crippen molar-refractivity contribution in [2.45, 2.75) is 38.1 Å². The van der Waals surface area contributed by atoms with Crippen molar-refractivity contribution in [3.8, 4) is 17.2 Å². The second-order valence-corrected chi connectivity index (χ2v) is 5.22. The van der Waals surface area contributed by atoms with Crippen LogP contribution < -0.4 is 19.5 Å². The number of nitrogens with one attached hydrogen (secondary N) is 1. The number of methoxy groups -OCH3 is 1. The maximum atomic E-state index is 5.46. The van der Waals surface area contributed by atoms with Gasteiger partial charge in [-0.15, -0.1) is 0 Å². The minimum atomic E-state index is 0.291. The number of aryl methyl sites for hydroxylation is 1. The molecule has 0 spiro atoms. The fourth-order valence-electron chi connectivity index (χ4n) is 2.84. The van der Waals surface area contributed by atoms with Crippen LogP contribution in [0.5, 0.6) is 17.2 Å². The molecule has 2 aliphatic heterocycles. The van der Waals surface area contributed by atoms with E-state index in [0.29, 0.717) is 12.8 Å². The third-order valence-electron chi connectivity index (χ3n) is 3.91. The molecule has 4 heteroatoms. The summed E-state index contributed by atoms with van der Waals surface area (Å²) in [4.78, 5) is 0. The molecule has 1 aromatic carbocycles. The Bertz CT molecular complexity index is 441. The van der Waals surface area contributed by atoms with Crippen molar-refractivity contribution in [3.05, 3.63) is 17.7 Å². The molecule has 0 saturated carbocycles. The predicted molar refractivity (Wildman–Crippen MR) is 73.1 cm³/mol. The molecule has 0 aliphatic carbocycles. The van der Waals surface area contributed by atoms with Crippen molar-refractivity contribution in [3.63, 3.8) is 0 Å². The Hall–Kier alpha value is -1.42. The molecule has 1 aromatic rings. The van der Waals surface area contributed by atoms with E-state index in [2.05, 4.69) is 17.4 Å². The first-order chi connectivity index (χ1) is 9.36. The van der Waals surface area contributed by atoms with Crippen molar-refractivity contribution >= 4 is 0 Å². The Morgan fingerprint density at radius 2 is 2.26 bits per heavy atom. The van der Waals surface area contributed by atoms with Crippen LogP contribution in [0.3, 0.4) is 0 Å². The Kier molecular flexibility index (Phi) is 3.78. The maximum absolute atomic E-state index is 5.46.